The van der Waals surface area contributed by atoms with Crippen LogP contribution in [0.15, 0.2) is 0 Å². The van der Waals surface area contributed by atoms with Crippen molar-refractivity contribution < 1.29 is 14.7 Å². The van der Waals surface area contributed by atoms with E-state index in [1.54, 1.807) is 7.05 Å². The second-order valence-electron chi connectivity index (χ2n) is 2.05. The molecule has 4 heteroatoms. The molecule has 4 nitrogen and oxygen atoms in total. The van der Waals surface area contributed by atoms with Gasteiger partial charge in [0, 0.05) is 0 Å². The van der Waals surface area contributed by atoms with Crippen LogP contribution in [0.4, 0.5) is 0 Å². The second kappa shape index (κ2) is 8.20. The zero-order valence-corrected chi connectivity index (χ0v) is 8.05. The number of hydrogen-bond acceptors (Lipinski definition) is 3. The van der Waals surface area contributed by atoms with E-state index in [9.17, 15) is 9.59 Å². The van der Waals surface area contributed by atoms with Crippen molar-refractivity contribution in [3.05, 3.63) is 0 Å². The van der Waals surface area contributed by atoms with Crippen LogP contribution in [0, 0.1) is 0 Å². The predicted octanol–water partition coefficient (Wildman–Crippen LogP) is 0.664. The van der Waals surface area contributed by atoms with E-state index in [-0.39, 0.29) is 12.2 Å². The summed E-state index contributed by atoms with van der Waals surface area (Å²) in [6.45, 7) is 5.37. The first-order valence-corrected chi connectivity index (χ1v) is 3.97. The van der Waals surface area contributed by atoms with Gasteiger partial charge in [0.15, 0.2) is 0 Å². The van der Waals surface area contributed by atoms with Gasteiger partial charge in [-0.3, -0.25) is 9.59 Å². The molecule has 0 aromatic rings. The first kappa shape index (κ1) is 13.7. The summed E-state index contributed by atoms with van der Waals surface area (Å²) in [4.78, 5) is 20.7. The average molecular weight is 175 g/mol. The van der Waals surface area contributed by atoms with Crippen LogP contribution < -0.4 is 5.32 Å². The Hall–Kier alpha value is -0.900. The number of rotatable bonds is 4. The number of carbonyl (C=O) groups excluding carboxylic acids is 1. The van der Waals surface area contributed by atoms with E-state index in [4.69, 9.17) is 5.11 Å². The lowest BCUT2D eigenvalue weighted by Crippen LogP contribution is -2.34. The fraction of sp³-hybridized carbons (Fsp3) is 0.750. The average Bonchev–Trinajstić information content (AvgIpc) is 2.03. The van der Waals surface area contributed by atoms with Gasteiger partial charge in [-0.1, -0.05) is 13.8 Å². The maximum Gasteiger partial charge on any atom is 0.305 e. The highest BCUT2D eigenvalue weighted by molar-refractivity contribution is 5.85. The minimum absolute atomic E-state index is 0.147. The maximum absolute atomic E-state index is 10.6. The third-order valence-electron chi connectivity index (χ3n) is 1.22. The molecule has 0 aliphatic carbocycles. The summed E-state index contributed by atoms with van der Waals surface area (Å²) in [5.74, 6) is -1.11. The Labute approximate surface area is 73.0 Å². The third-order valence-corrected chi connectivity index (χ3v) is 1.22. The fourth-order valence-electron chi connectivity index (χ4n) is 0.624. The van der Waals surface area contributed by atoms with E-state index in [2.05, 4.69) is 5.32 Å². The summed E-state index contributed by atoms with van der Waals surface area (Å²) in [6, 6.07) is -0.544. The molecule has 2 N–H and O–H groups in total. The molecule has 0 aromatic heterocycles. The zero-order valence-electron chi connectivity index (χ0n) is 8.05. The number of carboxylic acid groups (broad SMARTS) is 1. The van der Waals surface area contributed by atoms with Crippen LogP contribution in [-0.2, 0) is 9.59 Å². The van der Waals surface area contributed by atoms with Crippen molar-refractivity contribution in [2.24, 2.45) is 0 Å². The number of likely N-dealkylation sites (N-methyl/N-ethyl adjacent to an activating group) is 1. The lowest BCUT2D eigenvalue weighted by atomic mass is 10.1. The van der Waals surface area contributed by atoms with Gasteiger partial charge in [-0.15, -0.1) is 0 Å². The summed E-state index contributed by atoms with van der Waals surface area (Å²) in [5, 5.41) is 10.9. The molecule has 0 spiro atoms. The van der Waals surface area contributed by atoms with Gasteiger partial charge < -0.3 is 10.4 Å². The fourth-order valence-corrected chi connectivity index (χ4v) is 0.624. The van der Waals surface area contributed by atoms with Gasteiger partial charge in [0.05, 0.1) is 12.5 Å². The van der Waals surface area contributed by atoms with Crippen molar-refractivity contribution in [2.75, 3.05) is 7.05 Å². The molecule has 1 unspecified atom stereocenters. The van der Waals surface area contributed by atoms with Crippen molar-refractivity contribution in [1.82, 2.24) is 5.32 Å². The van der Waals surface area contributed by atoms with Gasteiger partial charge in [-0.25, -0.2) is 0 Å². The SMILES string of the molecule is CC.CNC(CC(=O)O)C(C)=O. The molecule has 0 aromatic carbocycles. The van der Waals surface area contributed by atoms with Gasteiger partial charge in [0.2, 0.25) is 0 Å². The van der Waals surface area contributed by atoms with Crippen molar-refractivity contribution in [1.29, 1.82) is 0 Å². The Bertz CT molecular complexity index is 145. The maximum atomic E-state index is 10.6. The number of ketones is 1. The Morgan fingerprint density at radius 2 is 1.83 bits per heavy atom. The molecule has 0 amide bonds. The molecule has 0 fully saturated rings. The Morgan fingerprint density at radius 1 is 1.42 bits per heavy atom. The molecule has 0 rings (SSSR count). The highest BCUT2D eigenvalue weighted by atomic mass is 16.4. The summed E-state index contributed by atoms with van der Waals surface area (Å²) in [7, 11) is 1.56. The molecule has 0 aliphatic heterocycles. The van der Waals surface area contributed by atoms with Gasteiger partial charge in [-0.05, 0) is 14.0 Å². The molecule has 0 heterocycles. The monoisotopic (exact) mass is 175 g/mol. The Morgan fingerprint density at radius 3 is 1.92 bits per heavy atom. The lowest BCUT2D eigenvalue weighted by molar-refractivity contribution is -0.139. The molecular weight excluding hydrogens is 158 g/mol. The molecule has 0 saturated heterocycles. The van der Waals surface area contributed by atoms with Crippen molar-refractivity contribution in [2.45, 2.75) is 33.2 Å². The summed E-state index contributed by atoms with van der Waals surface area (Å²) in [5.41, 5.74) is 0. The van der Waals surface area contributed by atoms with E-state index >= 15 is 0 Å². The summed E-state index contributed by atoms with van der Waals surface area (Å²) >= 11 is 0. The topological polar surface area (TPSA) is 66.4 Å². The largest absolute Gasteiger partial charge is 0.481 e. The van der Waals surface area contributed by atoms with E-state index in [1.165, 1.54) is 6.92 Å². The van der Waals surface area contributed by atoms with E-state index in [0.29, 0.717) is 0 Å². The van der Waals surface area contributed by atoms with E-state index in [0.717, 1.165) is 0 Å². The van der Waals surface area contributed by atoms with E-state index in [1.807, 2.05) is 13.8 Å². The minimum Gasteiger partial charge on any atom is -0.481 e. The number of nitrogens with one attached hydrogen (secondary N) is 1. The van der Waals surface area contributed by atoms with Crippen molar-refractivity contribution in [3.63, 3.8) is 0 Å². The number of Topliss-reactive ketones (excluding diaryl/α,β-unsaturated/α-hetero) is 1. The normalized spacial score (nSPS) is 11.0. The van der Waals surface area contributed by atoms with Crippen molar-refractivity contribution in [3.8, 4) is 0 Å². The summed E-state index contributed by atoms with van der Waals surface area (Å²) < 4.78 is 0. The quantitative estimate of drug-likeness (QED) is 0.659. The molecule has 0 radical (unpaired) electrons. The summed E-state index contributed by atoms with van der Waals surface area (Å²) in [6.07, 6.45) is -0.147. The smallest absolute Gasteiger partial charge is 0.305 e. The van der Waals surface area contributed by atoms with Crippen molar-refractivity contribution >= 4 is 11.8 Å². The van der Waals surface area contributed by atoms with Crippen LogP contribution in [0.5, 0.6) is 0 Å². The van der Waals surface area contributed by atoms with Gasteiger partial charge >= 0.3 is 5.97 Å². The predicted molar refractivity (Wildman–Crippen MR) is 47.1 cm³/mol. The highest BCUT2D eigenvalue weighted by Crippen LogP contribution is 1.91. The van der Waals surface area contributed by atoms with Crippen LogP contribution in [-0.4, -0.2) is 29.9 Å². The van der Waals surface area contributed by atoms with Crippen LogP contribution in [0.25, 0.3) is 0 Å². The van der Waals surface area contributed by atoms with Crippen LogP contribution >= 0.6 is 0 Å². The minimum atomic E-state index is -0.963. The first-order chi connectivity index (χ1) is 5.57. The number of carboxylic acids is 1. The molecule has 1 atom stereocenters. The van der Waals surface area contributed by atoms with Crippen LogP contribution in [0.3, 0.4) is 0 Å². The third kappa shape index (κ3) is 7.21. The van der Waals surface area contributed by atoms with Gasteiger partial charge in [-0.2, -0.15) is 0 Å². The molecule has 0 bridgehead atoms. The number of aliphatic carboxylic acids is 1. The lowest BCUT2D eigenvalue weighted by Gasteiger charge is -2.07. The van der Waals surface area contributed by atoms with E-state index < -0.39 is 12.0 Å². The number of carbonyl (C=O) groups is 2. The number of hydrogen-bond donors (Lipinski definition) is 2. The molecule has 72 valence electrons. The van der Waals surface area contributed by atoms with Gasteiger partial charge in [0.25, 0.3) is 0 Å². The Balaban J connectivity index is 0. The molecular formula is C8H17NO3. The standard InChI is InChI=1S/C6H11NO3.C2H6/c1-4(8)5(7-2)3-6(9)10;1-2/h5,7H,3H2,1-2H3,(H,9,10);1-2H3. The zero-order chi connectivity index (χ0) is 10.1. The molecule has 12 heavy (non-hydrogen) atoms. The Kier molecular flexibility index (Phi) is 9.34. The van der Waals surface area contributed by atoms with Crippen LogP contribution in [0.2, 0.25) is 0 Å². The second-order valence-corrected chi connectivity index (χ2v) is 2.05. The molecule has 0 aliphatic rings. The highest BCUT2D eigenvalue weighted by Gasteiger charge is 2.14. The van der Waals surface area contributed by atoms with Crippen LogP contribution in [0.1, 0.15) is 27.2 Å². The first-order valence-electron chi connectivity index (χ1n) is 3.97. The molecule has 0 saturated carbocycles. The van der Waals surface area contributed by atoms with Gasteiger partial charge in [0.1, 0.15) is 5.78 Å².